The summed E-state index contributed by atoms with van der Waals surface area (Å²) in [5, 5.41) is 9.74. The van der Waals surface area contributed by atoms with Crippen LogP contribution in [0.1, 0.15) is 11.1 Å². The molecule has 0 N–H and O–H groups in total. The van der Waals surface area contributed by atoms with Gasteiger partial charge in [-0.15, -0.1) is 0 Å². The minimum absolute atomic E-state index is 0.306. The molecule has 0 atom stereocenters. The third-order valence-corrected chi connectivity index (χ3v) is 2.32. The van der Waals surface area contributed by atoms with E-state index >= 15 is 0 Å². The summed E-state index contributed by atoms with van der Waals surface area (Å²) >= 11 is 11.7. The van der Waals surface area contributed by atoms with Crippen LogP contribution in [0, 0.1) is 18.3 Å². The van der Waals surface area contributed by atoms with Gasteiger partial charge in [-0.1, -0.05) is 23.2 Å². The number of hydrogen-bond donors (Lipinski definition) is 0. The lowest BCUT2D eigenvalue weighted by molar-refractivity contribution is 1.24. The van der Waals surface area contributed by atoms with Crippen LogP contribution in [0.4, 0.5) is 0 Å². The van der Waals surface area contributed by atoms with E-state index in [9.17, 15) is 0 Å². The molecule has 3 heteroatoms. The highest BCUT2D eigenvalue weighted by Gasteiger charge is 2.04. The number of hydrogen-bond acceptors (Lipinski definition) is 1. The van der Waals surface area contributed by atoms with Crippen molar-refractivity contribution in [2.75, 3.05) is 0 Å². The second kappa shape index (κ2) is 3.80. The minimum atomic E-state index is 0.306. The lowest BCUT2D eigenvalue weighted by atomic mass is 10.1. The highest BCUT2D eigenvalue weighted by molar-refractivity contribution is 6.34. The molecule has 0 aliphatic carbocycles. The third kappa shape index (κ3) is 1.91. The number of rotatable bonds is 1. The van der Waals surface area contributed by atoms with Crippen LogP contribution in [-0.4, -0.2) is 0 Å². The smallest absolute Gasteiger partial charge is 0.0670 e. The lowest BCUT2D eigenvalue weighted by Gasteiger charge is -2.03. The number of nitrogens with zero attached hydrogens (tertiary/aromatic N) is 1. The van der Waals surface area contributed by atoms with Crippen LogP contribution >= 0.6 is 23.2 Å². The van der Waals surface area contributed by atoms with E-state index in [1.54, 1.807) is 12.1 Å². The fourth-order valence-corrected chi connectivity index (χ4v) is 1.48. The second-order valence-corrected chi connectivity index (χ2v) is 3.35. The van der Waals surface area contributed by atoms with E-state index in [0.717, 1.165) is 11.1 Å². The molecule has 0 amide bonds. The average Bonchev–Trinajstić information content (AvgIpc) is 2.00. The zero-order valence-electron chi connectivity index (χ0n) is 6.56. The number of nitriles is 1. The van der Waals surface area contributed by atoms with Gasteiger partial charge in [-0.3, -0.25) is 0 Å². The number of halogens is 2. The molecule has 0 aliphatic rings. The van der Waals surface area contributed by atoms with Gasteiger partial charge in [-0.05, 0) is 30.2 Å². The van der Waals surface area contributed by atoms with Gasteiger partial charge < -0.3 is 0 Å². The molecule has 0 radical (unpaired) electrons. The highest BCUT2D eigenvalue weighted by Crippen LogP contribution is 2.25. The molecule has 1 aromatic carbocycles. The molecule has 0 saturated heterocycles. The summed E-state index contributed by atoms with van der Waals surface area (Å²) in [6.07, 6.45) is 0.306. The molecule has 62 valence electrons. The maximum Gasteiger partial charge on any atom is 0.0670 e. The van der Waals surface area contributed by atoms with Crippen molar-refractivity contribution in [3.05, 3.63) is 33.3 Å². The predicted molar refractivity (Wildman–Crippen MR) is 50.5 cm³/mol. The van der Waals surface area contributed by atoms with E-state index in [-0.39, 0.29) is 0 Å². The van der Waals surface area contributed by atoms with Gasteiger partial charge in [-0.2, -0.15) is 5.26 Å². The van der Waals surface area contributed by atoms with Crippen molar-refractivity contribution in [2.24, 2.45) is 0 Å². The molecule has 0 heterocycles. The van der Waals surface area contributed by atoms with Crippen molar-refractivity contribution in [2.45, 2.75) is 13.3 Å². The minimum Gasteiger partial charge on any atom is -0.198 e. The van der Waals surface area contributed by atoms with Crippen LogP contribution in [-0.2, 0) is 6.42 Å². The average molecular weight is 200 g/mol. The van der Waals surface area contributed by atoms with Crippen molar-refractivity contribution in [3.63, 3.8) is 0 Å². The topological polar surface area (TPSA) is 23.8 Å². The zero-order valence-corrected chi connectivity index (χ0v) is 8.08. The molecule has 0 spiro atoms. The standard InChI is InChI=1S/C9H7Cl2N/c1-6-4-8(10)5-7(2-3-12)9(6)11/h4-5H,2H2,1H3. The normalized spacial score (nSPS) is 9.50. The Labute approximate surface area is 81.5 Å². The van der Waals surface area contributed by atoms with Gasteiger partial charge in [-0.25, -0.2) is 0 Å². The third-order valence-electron chi connectivity index (χ3n) is 1.56. The summed E-state index contributed by atoms with van der Waals surface area (Å²) in [5.41, 5.74) is 1.71. The first kappa shape index (κ1) is 9.38. The second-order valence-electron chi connectivity index (χ2n) is 2.53. The number of aryl methyl sites for hydroxylation is 1. The monoisotopic (exact) mass is 199 g/mol. The first-order chi connectivity index (χ1) is 5.65. The van der Waals surface area contributed by atoms with Gasteiger partial charge >= 0.3 is 0 Å². The Hall–Kier alpha value is -0.710. The summed E-state index contributed by atoms with van der Waals surface area (Å²) in [6.45, 7) is 1.87. The molecule has 12 heavy (non-hydrogen) atoms. The van der Waals surface area contributed by atoms with E-state index in [0.29, 0.717) is 16.5 Å². The molecule has 0 bridgehead atoms. The fourth-order valence-electron chi connectivity index (χ4n) is 1.01. The van der Waals surface area contributed by atoms with Crippen LogP contribution in [0.2, 0.25) is 10.0 Å². The predicted octanol–water partition coefficient (Wildman–Crippen LogP) is 3.37. The summed E-state index contributed by atoms with van der Waals surface area (Å²) in [5.74, 6) is 0. The molecule has 0 fully saturated rings. The Morgan fingerprint density at radius 1 is 1.42 bits per heavy atom. The Kier molecular flexibility index (Phi) is 2.97. The van der Waals surface area contributed by atoms with Crippen molar-refractivity contribution in [3.8, 4) is 6.07 Å². The maximum atomic E-state index is 8.47. The zero-order chi connectivity index (χ0) is 9.14. The van der Waals surface area contributed by atoms with Crippen LogP contribution in [0.5, 0.6) is 0 Å². The first-order valence-electron chi connectivity index (χ1n) is 3.46. The van der Waals surface area contributed by atoms with Gasteiger partial charge in [0.05, 0.1) is 12.5 Å². The molecule has 0 unspecified atom stereocenters. The molecule has 0 aliphatic heterocycles. The van der Waals surface area contributed by atoms with Crippen molar-refractivity contribution >= 4 is 23.2 Å². The van der Waals surface area contributed by atoms with Crippen LogP contribution in [0.25, 0.3) is 0 Å². The maximum absolute atomic E-state index is 8.47. The SMILES string of the molecule is Cc1cc(Cl)cc(CC#N)c1Cl. The highest BCUT2D eigenvalue weighted by atomic mass is 35.5. The Morgan fingerprint density at radius 3 is 2.67 bits per heavy atom. The molecule has 0 aromatic heterocycles. The van der Waals surface area contributed by atoms with Gasteiger partial charge in [0.15, 0.2) is 0 Å². The molecular weight excluding hydrogens is 193 g/mol. The lowest BCUT2D eigenvalue weighted by Crippen LogP contribution is -1.86. The van der Waals surface area contributed by atoms with E-state index in [1.807, 2.05) is 13.0 Å². The van der Waals surface area contributed by atoms with E-state index in [1.165, 1.54) is 0 Å². The quantitative estimate of drug-likeness (QED) is 0.681. The summed E-state index contributed by atoms with van der Waals surface area (Å²) in [4.78, 5) is 0. The van der Waals surface area contributed by atoms with Gasteiger partial charge in [0.25, 0.3) is 0 Å². The van der Waals surface area contributed by atoms with Crippen molar-refractivity contribution in [1.82, 2.24) is 0 Å². The Bertz CT molecular complexity index is 339. The van der Waals surface area contributed by atoms with E-state index < -0.39 is 0 Å². The van der Waals surface area contributed by atoms with E-state index in [4.69, 9.17) is 28.5 Å². The molecular formula is C9H7Cl2N. The molecule has 0 saturated carbocycles. The van der Waals surface area contributed by atoms with Crippen molar-refractivity contribution < 1.29 is 0 Å². The van der Waals surface area contributed by atoms with Gasteiger partial charge in [0.2, 0.25) is 0 Å². The largest absolute Gasteiger partial charge is 0.198 e. The molecule has 1 nitrogen and oxygen atoms in total. The Balaban J connectivity index is 3.20. The van der Waals surface area contributed by atoms with Crippen LogP contribution in [0.15, 0.2) is 12.1 Å². The summed E-state index contributed by atoms with van der Waals surface area (Å²) in [6, 6.07) is 5.54. The molecule has 1 rings (SSSR count). The number of benzene rings is 1. The first-order valence-corrected chi connectivity index (χ1v) is 4.22. The summed E-state index contributed by atoms with van der Waals surface area (Å²) < 4.78 is 0. The molecule has 1 aromatic rings. The van der Waals surface area contributed by atoms with Crippen molar-refractivity contribution in [1.29, 1.82) is 5.26 Å². The Morgan fingerprint density at radius 2 is 2.08 bits per heavy atom. The van der Waals surface area contributed by atoms with Crippen LogP contribution < -0.4 is 0 Å². The fraction of sp³-hybridized carbons (Fsp3) is 0.222. The van der Waals surface area contributed by atoms with E-state index in [2.05, 4.69) is 0 Å². The van der Waals surface area contributed by atoms with Crippen LogP contribution in [0.3, 0.4) is 0 Å². The van der Waals surface area contributed by atoms with Gasteiger partial charge in [0.1, 0.15) is 0 Å². The van der Waals surface area contributed by atoms with Gasteiger partial charge in [0, 0.05) is 10.0 Å². The summed E-state index contributed by atoms with van der Waals surface area (Å²) in [7, 11) is 0.